The lowest BCUT2D eigenvalue weighted by molar-refractivity contribution is 0.423. The molecule has 15 heavy (non-hydrogen) atoms. The molecule has 0 amide bonds. The molecule has 1 rings (SSSR count). The van der Waals surface area contributed by atoms with Crippen LogP contribution in [0, 0.1) is 22.7 Å². The molecule has 1 nitrogen and oxygen atoms in total. The summed E-state index contributed by atoms with van der Waals surface area (Å²) < 4.78 is 0. The smallest absolute Gasteiger partial charge is 0.00777 e. The molecule has 0 radical (unpaired) electrons. The fourth-order valence-corrected chi connectivity index (χ4v) is 3.25. The van der Waals surface area contributed by atoms with E-state index in [0.29, 0.717) is 16.9 Å². The fourth-order valence-electron chi connectivity index (χ4n) is 3.25. The molecule has 0 heterocycles. The molecule has 0 spiro atoms. The Morgan fingerprint density at radius 3 is 1.80 bits per heavy atom. The SMILES string of the molecule is CC(C)CCCC(N)C1C(C)(C)C1(C)C. The highest BCUT2D eigenvalue weighted by atomic mass is 14.8. The van der Waals surface area contributed by atoms with Crippen molar-refractivity contribution < 1.29 is 0 Å². The van der Waals surface area contributed by atoms with Crippen LogP contribution in [0.15, 0.2) is 0 Å². The highest BCUT2D eigenvalue weighted by molar-refractivity contribution is 5.15. The molecule has 1 fully saturated rings. The Morgan fingerprint density at radius 2 is 1.47 bits per heavy atom. The predicted molar refractivity (Wildman–Crippen MR) is 67.7 cm³/mol. The molecule has 1 aliphatic carbocycles. The molecule has 1 aliphatic rings. The average Bonchev–Trinajstić information content (AvgIpc) is 2.41. The van der Waals surface area contributed by atoms with E-state index in [1.807, 2.05) is 0 Å². The van der Waals surface area contributed by atoms with E-state index in [1.165, 1.54) is 19.3 Å². The van der Waals surface area contributed by atoms with Crippen LogP contribution in [0.5, 0.6) is 0 Å². The number of rotatable bonds is 5. The first-order valence-electron chi connectivity index (χ1n) is 6.47. The number of hydrogen-bond donors (Lipinski definition) is 1. The van der Waals surface area contributed by atoms with Gasteiger partial charge in [0, 0.05) is 6.04 Å². The van der Waals surface area contributed by atoms with E-state index in [4.69, 9.17) is 5.73 Å². The molecule has 0 aromatic rings. The molecule has 0 bridgehead atoms. The minimum atomic E-state index is 0.411. The van der Waals surface area contributed by atoms with Gasteiger partial charge < -0.3 is 5.73 Å². The highest BCUT2D eigenvalue weighted by Crippen LogP contribution is 2.69. The third-order valence-corrected chi connectivity index (χ3v) is 4.88. The van der Waals surface area contributed by atoms with Crippen LogP contribution in [0.25, 0.3) is 0 Å². The Hall–Kier alpha value is -0.0400. The molecule has 1 heteroatoms. The molecule has 90 valence electrons. The lowest BCUT2D eigenvalue weighted by atomic mass is 9.97. The van der Waals surface area contributed by atoms with Gasteiger partial charge in [0.25, 0.3) is 0 Å². The van der Waals surface area contributed by atoms with Crippen molar-refractivity contribution in [1.29, 1.82) is 0 Å². The van der Waals surface area contributed by atoms with Crippen molar-refractivity contribution in [3.05, 3.63) is 0 Å². The van der Waals surface area contributed by atoms with E-state index in [0.717, 1.165) is 11.8 Å². The van der Waals surface area contributed by atoms with Gasteiger partial charge in [0.2, 0.25) is 0 Å². The fraction of sp³-hybridized carbons (Fsp3) is 1.00. The molecule has 0 aromatic carbocycles. The van der Waals surface area contributed by atoms with Crippen LogP contribution in [0.4, 0.5) is 0 Å². The van der Waals surface area contributed by atoms with Crippen molar-refractivity contribution in [2.75, 3.05) is 0 Å². The summed E-state index contributed by atoms with van der Waals surface area (Å²) in [6, 6.07) is 0.411. The van der Waals surface area contributed by atoms with Gasteiger partial charge in [-0.25, -0.2) is 0 Å². The highest BCUT2D eigenvalue weighted by Gasteiger charge is 2.66. The first kappa shape index (κ1) is 13.0. The van der Waals surface area contributed by atoms with Gasteiger partial charge in [-0.05, 0) is 29.1 Å². The van der Waals surface area contributed by atoms with Crippen LogP contribution in [0.1, 0.15) is 60.8 Å². The molecule has 0 saturated heterocycles. The van der Waals surface area contributed by atoms with Crippen molar-refractivity contribution in [2.24, 2.45) is 28.4 Å². The Kier molecular flexibility index (Phi) is 3.55. The maximum atomic E-state index is 6.32. The molecular weight excluding hydrogens is 182 g/mol. The zero-order valence-electron chi connectivity index (χ0n) is 11.4. The van der Waals surface area contributed by atoms with E-state index in [1.54, 1.807) is 0 Å². The number of nitrogens with two attached hydrogens (primary N) is 1. The van der Waals surface area contributed by atoms with Gasteiger partial charge in [0.15, 0.2) is 0 Å². The van der Waals surface area contributed by atoms with E-state index < -0.39 is 0 Å². The van der Waals surface area contributed by atoms with Gasteiger partial charge in [-0.1, -0.05) is 54.4 Å². The van der Waals surface area contributed by atoms with Crippen LogP contribution >= 0.6 is 0 Å². The topological polar surface area (TPSA) is 26.0 Å². The van der Waals surface area contributed by atoms with Crippen molar-refractivity contribution in [1.82, 2.24) is 0 Å². The van der Waals surface area contributed by atoms with Crippen LogP contribution in [0.3, 0.4) is 0 Å². The summed E-state index contributed by atoms with van der Waals surface area (Å²) in [6.07, 6.45) is 3.82. The monoisotopic (exact) mass is 211 g/mol. The van der Waals surface area contributed by atoms with Crippen molar-refractivity contribution in [2.45, 2.75) is 66.8 Å². The van der Waals surface area contributed by atoms with Crippen LogP contribution in [-0.2, 0) is 0 Å². The first-order valence-corrected chi connectivity index (χ1v) is 6.47. The summed E-state index contributed by atoms with van der Waals surface area (Å²) in [4.78, 5) is 0. The Bertz CT molecular complexity index is 201. The summed E-state index contributed by atoms with van der Waals surface area (Å²) in [5.74, 6) is 1.54. The molecular formula is C14H29N. The summed E-state index contributed by atoms with van der Waals surface area (Å²) in [5.41, 5.74) is 7.21. The largest absolute Gasteiger partial charge is 0.327 e. The quantitative estimate of drug-likeness (QED) is 0.735. The van der Waals surface area contributed by atoms with E-state index in [9.17, 15) is 0 Å². The second kappa shape index (κ2) is 4.08. The van der Waals surface area contributed by atoms with Crippen LogP contribution < -0.4 is 5.73 Å². The average molecular weight is 211 g/mol. The molecule has 1 saturated carbocycles. The first-order chi connectivity index (χ1) is 6.71. The lowest BCUT2D eigenvalue weighted by Crippen LogP contribution is -2.25. The zero-order chi connectivity index (χ0) is 11.9. The summed E-state index contributed by atoms with van der Waals surface area (Å²) in [5, 5.41) is 0. The van der Waals surface area contributed by atoms with Gasteiger partial charge in [-0.2, -0.15) is 0 Å². The molecule has 1 atom stereocenters. The Balaban J connectivity index is 2.34. The third-order valence-electron chi connectivity index (χ3n) is 4.88. The van der Waals surface area contributed by atoms with E-state index in [-0.39, 0.29) is 0 Å². The summed E-state index contributed by atoms with van der Waals surface area (Å²) in [6.45, 7) is 14.0. The normalized spacial score (nSPS) is 25.6. The minimum Gasteiger partial charge on any atom is -0.327 e. The second-order valence-electron chi connectivity index (χ2n) is 6.91. The maximum Gasteiger partial charge on any atom is 0.00777 e. The molecule has 0 aromatic heterocycles. The number of hydrogen-bond acceptors (Lipinski definition) is 1. The Labute approximate surface area is 95.8 Å². The van der Waals surface area contributed by atoms with Crippen LogP contribution in [-0.4, -0.2) is 6.04 Å². The minimum absolute atomic E-state index is 0.411. The predicted octanol–water partition coefficient (Wildman–Crippen LogP) is 3.82. The summed E-state index contributed by atoms with van der Waals surface area (Å²) in [7, 11) is 0. The van der Waals surface area contributed by atoms with Crippen molar-refractivity contribution in [3.63, 3.8) is 0 Å². The van der Waals surface area contributed by atoms with Gasteiger partial charge in [-0.15, -0.1) is 0 Å². The summed E-state index contributed by atoms with van der Waals surface area (Å²) >= 11 is 0. The van der Waals surface area contributed by atoms with E-state index >= 15 is 0 Å². The van der Waals surface area contributed by atoms with Crippen LogP contribution in [0.2, 0.25) is 0 Å². The van der Waals surface area contributed by atoms with Gasteiger partial charge in [0.1, 0.15) is 0 Å². The second-order valence-corrected chi connectivity index (χ2v) is 6.91. The van der Waals surface area contributed by atoms with E-state index in [2.05, 4.69) is 41.5 Å². The van der Waals surface area contributed by atoms with Gasteiger partial charge >= 0.3 is 0 Å². The third kappa shape index (κ3) is 2.38. The van der Waals surface area contributed by atoms with Gasteiger partial charge in [-0.3, -0.25) is 0 Å². The molecule has 2 N–H and O–H groups in total. The standard InChI is InChI=1S/C14H29N/c1-10(2)8-7-9-11(15)12-13(3,4)14(12,5)6/h10-12H,7-9,15H2,1-6H3. The van der Waals surface area contributed by atoms with Gasteiger partial charge in [0.05, 0.1) is 0 Å². The molecule has 0 aliphatic heterocycles. The maximum absolute atomic E-state index is 6.32. The zero-order valence-corrected chi connectivity index (χ0v) is 11.4. The Morgan fingerprint density at radius 1 is 1.00 bits per heavy atom. The lowest BCUT2D eigenvalue weighted by Gasteiger charge is -2.14. The van der Waals surface area contributed by atoms with Crippen molar-refractivity contribution in [3.8, 4) is 0 Å². The van der Waals surface area contributed by atoms with Crippen molar-refractivity contribution >= 4 is 0 Å². The molecule has 1 unspecified atom stereocenters.